The van der Waals surface area contributed by atoms with Gasteiger partial charge >= 0.3 is 0 Å². The van der Waals surface area contributed by atoms with E-state index in [1.807, 2.05) is 42.5 Å². The minimum Gasteiger partial charge on any atom is -0.325 e. The lowest BCUT2D eigenvalue weighted by atomic mass is 10.1. The Hall–Kier alpha value is -2.25. The molecule has 0 aliphatic rings. The Morgan fingerprint density at radius 3 is 2.78 bits per heavy atom. The highest BCUT2D eigenvalue weighted by Gasteiger charge is 2.09. The van der Waals surface area contributed by atoms with E-state index >= 15 is 0 Å². The van der Waals surface area contributed by atoms with E-state index in [4.69, 9.17) is 0 Å². The molecule has 0 saturated carbocycles. The number of hydrogen-bond donors (Lipinski definition) is 2. The van der Waals surface area contributed by atoms with Gasteiger partial charge in [-0.1, -0.05) is 62.0 Å². The van der Waals surface area contributed by atoms with Crippen LogP contribution in [0.3, 0.4) is 0 Å². The van der Waals surface area contributed by atoms with Gasteiger partial charge in [0, 0.05) is 22.9 Å². The fraction of sp³-hybridized carbons (Fsp3) is 0.250. The van der Waals surface area contributed by atoms with E-state index in [2.05, 4.69) is 29.1 Å². The number of nitrogens with zero attached hydrogens (tertiary/aromatic N) is 1. The number of hydrogen-bond acceptors (Lipinski definition) is 5. The normalized spacial score (nSPS) is 11.1. The number of thioether (sulfide) groups is 2. The van der Waals surface area contributed by atoms with E-state index in [9.17, 15) is 9.59 Å². The average Bonchev–Trinajstić information content (AvgIpc) is 2.65. The van der Waals surface area contributed by atoms with Crippen LogP contribution in [0.15, 0.2) is 58.5 Å². The molecule has 0 radical (unpaired) electrons. The van der Waals surface area contributed by atoms with Gasteiger partial charge in [-0.2, -0.15) is 11.8 Å². The van der Waals surface area contributed by atoms with E-state index in [1.54, 1.807) is 11.8 Å². The third kappa shape index (κ3) is 5.61. The molecule has 0 aliphatic carbocycles. The zero-order valence-electron chi connectivity index (χ0n) is 15.2. The molecule has 1 heterocycles. The van der Waals surface area contributed by atoms with E-state index in [-0.39, 0.29) is 17.2 Å². The number of H-pyrrole nitrogens is 1. The molecule has 3 aromatic rings. The van der Waals surface area contributed by atoms with Crippen molar-refractivity contribution >= 4 is 45.9 Å². The molecule has 0 fully saturated rings. The van der Waals surface area contributed by atoms with E-state index in [0.717, 1.165) is 22.2 Å². The van der Waals surface area contributed by atoms with Crippen molar-refractivity contribution in [3.8, 4) is 0 Å². The lowest BCUT2D eigenvalue weighted by Crippen LogP contribution is -2.16. The van der Waals surface area contributed by atoms with Crippen LogP contribution in [0.1, 0.15) is 19.5 Å². The fourth-order valence-corrected chi connectivity index (χ4v) is 3.88. The van der Waals surface area contributed by atoms with Crippen LogP contribution >= 0.6 is 23.5 Å². The lowest BCUT2D eigenvalue weighted by Gasteiger charge is -2.09. The molecule has 0 saturated heterocycles. The van der Waals surface area contributed by atoms with E-state index in [1.165, 1.54) is 17.8 Å². The molecule has 1 aromatic heterocycles. The van der Waals surface area contributed by atoms with E-state index in [0.29, 0.717) is 16.2 Å². The largest absolute Gasteiger partial charge is 0.325 e. The molecule has 3 rings (SSSR count). The van der Waals surface area contributed by atoms with Gasteiger partial charge in [-0.3, -0.25) is 9.59 Å². The van der Waals surface area contributed by atoms with Crippen LogP contribution in [-0.4, -0.2) is 26.9 Å². The molecule has 1 amide bonds. The van der Waals surface area contributed by atoms with Gasteiger partial charge in [0.2, 0.25) is 5.91 Å². The van der Waals surface area contributed by atoms with Gasteiger partial charge in [-0.15, -0.1) is 0 Å². The molecule has 7 heteroatoms. The molecule has 2 N–H and O–H groups in total. The predicted molar refractivity (Wildman–Crippen MR) is 115 cm³/mol. The predicted octanol–water partition coefficient (Wildman–Crippen LogP) is 4.30. The van der Waals surface area contributed by atoms with Gasteiger partial charge in [-0.25, -0.2) is 4.98 Å². The first-order chi connectivity index (χ1) is 13.0. The van der Waals surface area contributed by atoms with Crippen molar-refractivity contribution in [3.63, 3.8) is 0 Å². The summed E-state index contributed by atoms with van der Waals surface area (Å²) in [5.41, 5.74) is 1.32. The first-order valence-corrected chi connectivity index (χ1v) is 10.7. The summed E-state index contributed by atoms with van der Waals surface area (Å²) in [7, 11) is 0. The molecule has 27 heavy (non-hydrogen) atoms. The summed E-state index contributed by atoms with van der Waals surface area (Å²) in [5.74, 6) is 0.713. The van der Waals surface area contributed by atoms with Gasteiger partial charge in [0.25, 0.3) is 5.56 Å². The molecule has 0 atom stereocenters. The number of aromatic nitrogens is 2. The molecule has 2 aromatic carbocycles. The summed E-state index contributed by atoms with van der Waals surface area (Å²) < 4.78 is 0. The minimum atomic E-state index is -0.193. The molecule has 140 valence electrons. The summed E-state index contributed by atoms with van der Waals surface area (Å²) in [6, 6.07) is 15.2. The summed E-state index contributed by atoms with van der Waals surface area (Å²) in [6.45, 7) is 4.20. The third-order valence-corrected chi connectivity index (χ3v) is 5.74. The highest BCUT2D eigenvalue weighted by Crippen LogP contribution is 2.23. The van der Waals surface area contributed by atoms with Crippen LogP contribution in [0.2, 0.25) is 0 Å². The fourth-order valence-electron chi connectivity index (χ4n) is 2.53. The highest BCUT2D eigenvalue weighted by molar-refractivity contribution is 7.99. The number of rotatable bonds is 7. The number of carbonyl (C=O) groups excluding carboxylic acids is 1. The molecule has 5 nitrogen and oxygen atoms in total. The first kappa shape index (κ1) is 19.5. The summed E-state index contributed by atoms with van der Waals surface area (Å²) in [6.07, 6.45) is 0. The quantitative estimate of drug-likeness (QED) is 0.458. The Kier molecular flexibility index (Phi) is 6.58. The molecule has 0 aliphatic heterocycles. The summed E-state index contributed by atoms with van der Waals surface area (Å²) in [5, 5.41) is 5.95. The number of benzene rings is 2. The van der Waals surface area contributed by atoms with Crippen molar-refractivity contribution in [1.29, 1.82) is 0 Å². The Labute approximate surface area is 166 Å². The van der Waals surface area contributed by atoms with Crippen molar-refractivity contribution < 1.29 is 4.79 Å². The maximum Gasteiger partial charge on any atom is 0.251 e. The number of nitrogens with one attached hydrogen (secondary N) is 2. The topological polar surface area (TPSA) is 74.8 Å². The smallest absolute Gasteiger partial charge is 0.251 e. The maximum absolute atomic E-state index is 12.4. The van der Waals surface area contributed by atoms with Crippen molar-refractivity contribution in [2.24, 2.45) is 0 Å². The monoisotopic (exact) mass is 399 g/mol. The third-order valence-electron chi connectivity index (χ3n) is 3.74. The second-order valence-electron chi connectivity index (χ2n) is 6.27. The average molecular weight is 400 g/mol. The van der Waals surface area contributed by atoms with Crippen LogP contribution < -0.4 is 10.9 Å². The molecule has 0 bridgehead atoms. The van der Waals surface area contributed by atoms with Gasteiger partial charge in [0.15, 0.2) is 5.16 Å². The van der Waals surface area contributed by atoms with E-state index < -0.39 is 0 Å². The van der Waals surface area contributed by atoms with Gasteiger partial charge in [-0.05, 0) is 16.7 Å². The van der Waals surface area contributed by atoms with Gasteiger partial charge in [0.1, 0.15) is 0 Å². The Morgan fingerprint density at radius 1 is 1.19 bits per heavy atom. The molecular weight excluding hydrogens is 378 g/mol. The Bertz CT molecular complexity index is 996. The van der Waals surface area contributed by atoms with Gasteiger partial charge < -0.3 is 10.3 Å². The second kappa shape index (κ2) is 9.10. The number of fused-ring (bicyclic) bond motifs is 1. The van der Waals surface area contributed by atoms with Crippen LogP contribution in [0, 0.1) is 0 Å². The number of anilines is 1. The number of amides is 1. The SMILES string of the molecule is CC(C)SCc1cc(=O)[nH]c(SCC(=O)Nc2cccc3ccccc23)n1. The van der Waals surface area contributed by atoms with Gasteiger partial charge in [0.05, 0.1) is 11.4 Å². The van der Waals surface area contributed by atoms with Crippen molar-refractivity contribution in [2.45, 2.75) is 30.0 Å². The zero-order valence-corrected chi connectivity index (χ0v) is 16.8. The summed E-state index contributed by atoms with van der Waals surface area (Å²) >= 11 is 2.95. The molecular formula is C20H21N3O2S2. The molecule has 0 unspecified atom stereocenters. The maximum atomic E-state index is 12.4. The zero-order chi connectivity index (χ0) is 19.2. The Morgan fingerprint density at radius 2 is 1.96 bits per heavy atom. The van der Waals surface area contributed by atoms with Crippen molar-refractivity contribution in [3.05, 3.63) is 64.6 Å². The Balaban J connectivity index is 1.64. The lowest BCUT2D eigenvalue weighted by molar-refractivity contribution is -0.113. The van der Waals surface area contributed by atoms with Crippen LogP contribution in [0.5, 0.6) is 0 Å². The van der Waals surface area contributed by atoms with Crippen LogP contribution in [0.25, 0.3) is 10.8 Å². The minimum absolute atomic E-state index is 0.138. The van der Waals surface area contributed by atoms with Crippen molar-refractivity contribution in [2.75, 3.05) is 11.1 Å². The summed E-state index contributed by atoms with van der Waals surface area (Å²) in [4.78, 5) is 31.3. The molecule has 0 spiro atoms. The van der Waals surface area contributed by atoms with Crippen LogP contribution in [-0.2, 0) is 10.5 Å². The highest BCUT2D eigenvalue weighted by atomic mass is 32.2. The number of aromatic amines is 1. The first-order valence-electron chi connectivity index (χ1n) is 8.63. The van der Waals surface area contributed by atoms with Crippen LogP contribution in [0.4, 0.5) is 5.69 Å². The second-order valence-corrected chi connectivity index (χ2v) is 8.79. The number of carbonyl (C=O) groups is 1. The standard InChI is InChI=1S/C20H21N3O2S2/c1-13(2)26-11-15-10-18(24)23-20(21-15)27-12-19(25)22-17-9-5-7-14-6-3-4-8-16(14)17/h3-10,13H,11-12H2,1-2H3,(H,22,25)(H,21,23,24). The van der Waals surface area contributed by atoms with Crippen molar-refractivity contribution in [1.82, 2.24) is 9.97 Å².